The van der Waals surface area contributed by atoms with Crippen LogP contribution in [0.1, 0.15) is 7.79 Å². The number of nitrogens with two attached hydrogens (primary N) is 1. The van der Waals surface area contributed by atoms with Crippen molar-refractivity contribution in [1.82, 2.24) is 5.32 Å². The summed E-state index contributed by atoms with van der Waals surface area (Å²) >= 11 is 0. The molecule has 0 aliphatic carbocycles. The van der Waals surface area contributed by atoms with Crippen LogP contribution < -0.4 is 11.1 Å². The lowest BCUT2D eigenvalue weighted by atomic mass is 10.5. The maximum atomic E-state index is 7.67. The van der Waals surface area contributed by atoms with E-state index in [0.29, 0.717) is 25.6 Å². The molecule has 1 atom stereocenters. The van der Waals surface area contributed by atoms with Crippen molar-refractivity contribution in [2.75, 3.05) is 40.9 Å². The molecule has 0 amide bonds. The van der Waals surface area contributed by atoms with E-state index in [4.69, 9.17) is 20.4 Å². The van der Waals surface area contributed by atoms with Gasteiger partial charge in [0.05, 0.1) is 0 Å². The summed E-state index contributed by atoms with van der Waals surface area (Å²) in [6.45, 7) is 0.841. The second-order valence-electron chi connectivity index (χ2n) is 2.78. The highest BCUT2D eigenvalue weighted by molar-refractivity contribution is 6.60. The molecule has 0 spiro atoms. The fourth-order valence-corrected chi connectivity index (χ4v) is 2.70. The molecule has 5 nitrogen and oxygen atoms in total. The molecule has 0 fully saturated rings. The predicted octanol–water partition coefficient (Wildman–Crippen LogP) is -0.197. The summed E-state index contributed by atoms with van der Waals surface area (Å²) in [5.41, 5.74) is 5.33. The molecule has 0 rings (SSSR count). The summed E-state index contributed by atoms with van der Waals surface area (Å²) in [6.07, 6.45) is 0.627. The van der Waals surface area contributed by atoms with E-state index in [2.05, 4.69) is 5.32 Å². The van der Waals surface area contributed by atoms with Crippen LogP contribution in [0, 0.1) is 0 Å². The average molecular weight is 223 g/mol. The van der Waals surface area contributed by atoms with Crippen molar-refractivity contribution in [1.29, 1.82) is 0 Å². The van der Waals surface area contributed by atoms with Crippen LogP contribution in [-0.4, -0.2) is 49.7 Å². The van der Waals surface area contributed by atoms with Crippen molar-refractivity contribution in [2.45, 2.75) is 12.5 Å². The second-order valence-corrected chi connectivity index (χ2v) is 5.87. The lowest BCUT2D eigenvalue weighted by molar-refractivity contribution is 0.123. The summed E-state index contributed by atoms with van der Waals surface area (Å²) in [7, 11) is 2.21. The zero-order valence-electron chi connectivity index (χ0n) is 10.2. The first-order chi connectivity index (χ1) is 7.14. The number of hydrogen-bond acceptors (Lipinski definition) is 5. The molecule has 0 aromatic heterocycles. The van der Waals surface area contributed by atoms with Crippen LogP contribution in [0.2, 0.25) is 6.04 Å². The lowest BCUT2D eigenvalue weighted by Crippen LogP contribution is -2.43. The number of rotatable bonds is 9. The van der Waals surface area contributed by atoms with Crippen LogP contribution in [0.15, 0.2) is 0 Å². The lowest BCUT2D eigenvalue weighted by Gasteiger charge is -2.24. The Kier molecular flexibility index (Phi) is 7.20. The maximum Gasteiger partial charge on any atom is 0.500 e. The molecule has 1 unspecified atom stereocenters. The molecule has 3 N–H and O–H groups in total. The highest BCUT2D eigenvalue weighted by Crippen LogP contribution is 2.13. The van der Waals surface area contributed by atoms with Gasteiger partial charge in [0.1, 0.15) is 0 Å². The minimum atomic E-state index is -2.51. The average Bonchev–Trinajstić information content (AvgIpc) is 2.29. The van der Waals surface area contributed by atoms with Gasteiger partial charge in [-0.2, -0.15) is 0 Å². The fraction of sp³-hybridized carbons (Fsp3) is 1.00. The van der Waals surface area contributed by atoms with Gasteiger partial charge in [0, 0.05) is 41.8 Å². The summed E-state index contributed by atoms with van der Waals surface area (Å²) < 4.78 is 23.4. The Morgan fingerprint density at radius 3 is 2.29 bits per heavy atom. The molecule has 14 heavy (non-hydrogen) atoms. The van der Waals surface area contributed by atoms with Crippen molar-refractivity contribution in [3.8, 4) is 0 Å². The highest BCUT2D eigenvalue weighted by atomic mass is 28.4. The van der Waals surface area contributed by atoms with Gasteiger partial charge in [-0.25, -0.2) is 0 Å². The highest BCUT2D eigenvalue weighted by Gasteiger charge is 2.36. The van der Waals surface area contributed by atoms with Crippen molar-refractivity contribution in [2.24, 2.45) is 5.73 Å². The molecular formula is C8H22N2O3Si. The third kappa shape index (κ3) is 5.04. The molecule has 0 aliphatic rings. The van der Waals surface area contributed by atoms with Crippen LogP contribution in [0.4, 0.5) is 0 Å². The van der Waals surface area contributed by atoms with Gasteiger partial charge in [0.15, 0.2) is 0 Å². The monoisotopic (exact) mass is 223 g/mol. The Morgan fingerprint density at radius 1 is 1.29 bits per heavy atom. The van der Waals surface area contributed by atoms with E-state index >= 15 is 0 Å². The van der Waals surface area contributed by atoms with Gasteiger partial charge >= 0.3 is 8.80 Å². The van der Waals surface area contributed by atoms with Gasteiger partial charge in [0.2, 0.25) is 0 Å². The zero-order chi connectivity index (χ0) is 11.7. The summed E-state index contributed by atoms with van der Waals surface area (Å²) in [4.78, 5) is 0. The Hall–Kier alpha value is 0.0169. The van der Waals surface area contributed by atoms with Gasteiger partial charge in [-0.3, -0.25) is 0 Å². The molecular weight excluding hydrogens is 200 g/mol. The molecule has 86 valence electrons. The normalized spacial score (nSPS) is 15.3. The predicted molar refractivity (Wildman–Crippen MR) is 58.1 cm³/mol. The van der Waals surface area contributed by atoms with Crippen molar-refractivity contribution >= 4 is 8.80 Å². The molecule has 0 aliphatic heterocycles. The Morgan fingerprint density at radius 2 is 1.86 bits per heavy atom. The van der Waals surface area contributed by atoms with E-state index < -0.39 is 8.80 Å². The first-order valence-electron chi connectivity index (χ1n) is 5.23. The van der Waals surface area contributed by atoms with E-state index in [1.54, 1.807) is 21.3 Å². The molecule has 0 heterocycles. The summed E-state index contributed by atoms with van der Waals surface area (Å²) in [6, 6.07) is 0.627. The van der Waals surface area contributed by atoms with Crippen LogP contribution >= 0.6 is 0 Å². The van der Waals surface area contributed by atoms with Crippen molar-refractivity contribution in [3.05, 3.63) is 0 Å². The zero-order valence-corrected chi connectivity index (χ0v) is 10.2. The molecule has 0 aromatic rings. The van der Waals surface area contributed by atoms with Gasteiger partial charge in [-0.1, -0.05) is 0 Å². The molecule has 0 saturated heterocycles. The minimum Gasteiger partial charge on any atom is -0.377 e. The Bertz CT molecular complexity index is 153. The van der Waals surface area contributed by atoms with Crippen molar-refractivity contribution in [3.63, 3.8) is 0 Å². The van der Waals surface area contributed by atoms with Gasteiger partial charge < -0.3 is 24.3 Å². The largest absolute Gasteiger partial charge is 0.500 e. The van der Waals surface area contributed by atoms with E-state index in [1.807, 2.05) is 0 Å². The molecule has 0 saturated carbocycles. The third-order valence-electron chi connectivity index (χ3n) is 1.96. The van der Waals surface area contributed by atoms with Gasteiger partial charge in [-0.15, -0.1) is 0 Å². The van der Waals surface area contributed by atoms with E-state index in [-0.39, 0.29) is 6.52 Å². The van der Waals surface area contributed by atoms with E-state index in [0.717, 1.165) is 0 Å². The Balaban J connectivity index is 3.88. The smallest absolute Gasteiger partial charge is 0.377 e. The molecule has 0 bridgehead atoms. The topological polar surface area (TPSA) is 65.7 Å². The van der Waals surface area contributed by atoms with Crippen LogP contribution in [-0.2, 0) is 13.3 Å². The fourth-order valence-electron chi connectivity index (χ4n) is 1.09. The maximum absolute atomic E-state index is 7.67. The molecule has 0 radical (unpaired) electrons. The molecule has 6 heteroatoms. The minimum absolute atomic E-state index is 0.346. The molecule has 0 aromatic carbocycles. The van der Waals surface area contributed by atoms with Gasteiger partial charge in [-0.05, 0) is 12.9 Å². The Labute approximate surface area is 88.7 Å². The first kappa shape index (κ1) is 12.1. The summed E-state index contributed by atoms with van der Waals surface area (Å²) in [5.74, 6) is 0. The van der Waals surface area contributed by atoms with E-state index in [9.17, 15) is 0 Å². The SMILES string of the molecule is [2H]C(CC[Si](OC)(OC)OC)NCCN. The van der Waals surface area contributed by atoms with Crippen molar-refractivity contribution < 1.29 is 14.6 Å². The number of hydrogen-bond donors (Lipinski definition) is 2. The summed E-state index contributed by atoms with van der Waals surface area (Å²) in [5, 5.41) is 2.97. The van der Waals surface area contributed by atoms with Crippen LogP contribution in [0.3, 0.4) is 0 Å². The number of nitrogens with one attached hydrogen (secondary N) is 1. The first-order valence-corrected chi connectivity index (χ1v) is 6.58. The van der Waals surface area contributed by atoms with E-state index in [1.165, 1.54) is 0 Å². The quantitative estimate of drug-likeness (QED) is 0.530. The van der Waals surface area contributed by atoms with Gasteiger partial charge in [0.25, 0.3) is 0 Å². The third-order valence-corrected chi connectivity index (χ3v) is 4.73. The standard InChI is InChI=1S/C8H22N2O3Si/c1-11-14(12-2,13-3)8-4-6-10-7-5-9/h10H,4-9H2,1-3H3/i6D. The van der Waals surface area contributed by atoms with Crippen LogP contribution in [0.25, 0.3) is 0 Å². The van der Waals surface area contributed by atoms with Crippen LogP contribution in [0.5, 0.6) is 0 Å². The second kappa shape index (κ2) is 8.34.